The number of carbonyl (C=O) groups excluding carboxylic acids is 2. The summed E-state index contributed by atoms with van der Waals surface area (Å²) in [4.78, 5) is 22.6. The molecule has 1 rings (SSSR count). The van der Waals surface area contributed by atoms with Gasteiger partial charge in [-0.3, -0.25) is 9.59 Å². The Morgan fingerprint density at radius 2 is 2.00 bits per heavy atom. The fraction of sp³-hybridized carbons (Fsp3) is 0.800. The number of hydrogen-bond acceptors (Lipinski definition) is 3. The molecule has 3 N–H and O–H groups in total. The Hall–Kier alpha value is -1.31. The second kappa shape index (κ2) is 6.58. The summed E-state index contributed by atoms with van der Waals surface area (Å²) in [6.07, 6.45) is -2.84. The van der Waals surface area contributed by atoms with Crippen LogP contribution in [0.5, 0.6) is 0 Å². The van der Waals surface area contributed by atoms with Crippen molar-refractivity contribution in [3.05, 3.63) is 0 Å². The van der Waals surface area contributed by atoms with Gasteiger partial charge >= 0.3 is 6.18 Å². The van der Waals surface area contributed by atoms with Crippen LogP contribution in [0.25, 0.3) is 0 Å². The van der Waals surface area contributed by atoms with Crippen molar-refractivity contribution in [1.82, 2.24) is 16.0 Å². The lowest BCUT2D eigenvalue weighted by atomic mass is 9.99. The van der Waals surface area contributed by atoms with Crippen LogP contribution < -0.4 is 16.0 Å². The zero-order chi connectivity index (χ0) is 13.6. The van der Waals surface area contributed by atoms with Gasteiger partial charge in [0.1, 0.15) is 6.54 Å². The van der Waals surface area contributed by atoms with E-state index in [1.165, 1.54) is 0 Å². The maximum Gasteiger partial charge on any atom is 0.405 e. The van der Waals surface area contributed by atoms with Crippen molar-refractivity contribution in [2.45, 2.75) is 19.0 Å². The van der Waals surface area contributed by atoms with E-state index in [9.17, 15) is 22.8 Å². The number of alkyl halides is 3. The van der Waals surface area contributed by atoms with Crippen molar-refractivity contribution < 1.29 is 22.8 Å². The molecule has 1 aliphatic rings. The molecule has 1 saturated heterocycles. The molecular formula is C10H16F3N3O2. The molecule has 0 aromatic heterocycles. The third kappa shape index (κ3) is 5.85. The standard InChI is InChI=1S/C10H16F3N3O2/c11-10(12,13)6-16-8(17)5-15-9(18)7-2-1-3-14-4-7/h7,14H,1-6H2,(H,15,18)(H,16,17). The van der Waals surface area contributed by atoms with E-state index in [1.807, 2.05) is 0 Å². The molecule has 8 heteroatoms. The predicted octanol–water partition coefficient (Wildman–Crippen LogP) is -0.219. The molecule has 1 heterocycles. The van der Waals surface area contributed by atoms with Crippen LogP contribution in [0.4, 0.5) is 13.2 Å². The molecular weight excluding hydrogens is 251 g/mol. The number of amides is 2. The largest absolute Gasteiger partial charge is 0.405 e. The van der Waals surface area contributed by atoms with Gasteiger partial charge in [0.15, 0.2) is 0 Å². The van der Waals surface area contributed by atoms with Gasteiger partial charge in [-0.2, -0.15) is 13.2 Å². The highest BCUT2D eigenvalue weighted by Crippen LogP contribution is 2.12. The Bertz CT molecular complexity index is 301. The van der Waals surface area contributed by atoms with Crippen LogP contribution in [-0.2, 0) is 9.59 Å². The first-order chi connectivity index (χ1) is 8.38. The first kappa shape index (κ1) is 14.7. The van der Waals surface area contributed by atoms with Crippen molar-refractivity contribution in [2.24, 2.45) is 5.92 Å². The number of hydrogen-bond donors (Lipinski definition) is 3. The smallest absolute Gasteiger partial charge is 0.347 e. The predicted molar refractivity (Wildman–Crippen MR) is 57.7 cm³/mol. The van der Waals surface area contributed by atoms with Crippen molar-refractivity contribution in [2.75, 3.05) is 26.2 Å². The van der Waals surface area contributed by atoms with E-state index in [1.54, 1.807) is 5.32 Å². The van der Waals surface area contributed by atoms with Gasteiger partial charge in [-0.1, -0.05) is 0 Å². The summed E-state index contributed by atoms with van der Waals surface area (Å²) in [6, 6.07) is 0. The molecule has 18 heavy (non-hydrogen) atoms. The fourth-order valence-corrected chi connectivity index (χ4v) is 1.65. The molecule has 2 amide bonds. The van der Waals surface area contributed by atoms with Crippen molar-refractivity contribution in [3.63, 3.8) is 0 Å². The number of carbonyl (C=O) groups is 2. The summed E-state index contributed by atoms with van der Waals surface area (Å²) in [5.41, 5.74) is 0. The Balaban J connectivity index is 2.19. The second-order valence-electron chi connectivity index (χ2n) is 4.15. The quantitative estimate of drug-likeness (QED) is 0.659. The van der Waals surface area contributed by atoms with Gasteiger partial charge in [-0.25, -0.2) is 0 Å². The molecule has 1 atom stereocenters. The Morgan fingerprint density at radius 1 is 1.28 bits per heavy atom. The normalized spacial score (nSPS) is 20.3. The van der Waals surface area contributed by atoms with Crippen molar-refractivity contribution >= 4 is 11.8 Å². The molecule has 0 aromatic rings. The van der Waals surface area contributed by atoms with Gasteiger partial charge in [0.2, 0.25) is 11.8 Å². The van der Waals surface area contributed by atoms with Crippen LogP contribution in [0.2, 0.25) is 0 Å². The van der Waals surface area contributed by atoms with Crippen LogP contribution in [-0.4, -0.2) is 44.2 Å². The lowest BCUT2D eigenvalue weighted by Gasteiger charge is -2.21. The first-order valence-corrected chi connectivity index (χ1v) is 5.70. The molecule has 0 aromatic carbocycles. The number of nitrogens with one attached hydrogen (secondary N) is 3. The molecule has 0 aliphatic carbocycles. The van der Waals surface area contributed by atoms with Gasteiger partial charge in [-0.05, 0) is 19.4 Å². The topological polar surface area (TPSA) is 70.2 Å². The van der Waals surface area contributed by atoms with E-state index < -0.39 is 25.2 Å². The van der Waals surface area contributed by atoms with Gasteiger partial charge in [0.25, 0.3) is 0 Å². The minimum absolute atomic E-state index is 0.214. The number of rotatable bonds is 4. The lowest BCUT2D eigenvalue weighted by Crippen LogP contribution is -2.45. The first-order valence-electron chi connectivity index (χ1n) is 5.70. The van der Waals surface area contributed by atoms with E-state index in [2.05, 4.69) is 10.6 Å². The summed E-state index contributed by atoms with van der Waals surface area (Å²) in [7, 11) is 0. The highest BCUT2D eigenvalue weighted by Gasteiger charge is 2.28. The van der Waals surface area contributed by atoms with E-state index >= 15 is 0 Å². The van der Waals surface area contributed by atoms with Crippen LogP contribution in [0.1, 0.15) is 12.8 Å². The highest BCUT2D eigenvalue weighted by molar-refractivity contribution is 5.85. The SMILES string of the molecule is O=C(CNC(=O)C1CCCNC1)NCC(F)(F)F. The van der Waals surface area contributed by atoms with Crippen LogP contribution >= 0.6 is 0 Å². The van der Waals surface area contributed by atoms with E-state index in [0.717, 1.165) is 19.4 Å². The summed E-state index contributed by atoms with van der Waals surface area (Å²) < 4.78 is 35.4. The van der Waals surface area contributed by atoms with Crippen LogP contribution in [0.15, 0.2) is 0 Å². The van der Waals surface area contributed by atoms with E-state index in [0.29, 0.717) is 6.54 Å². The zero-order valence-corrected chi connectivity index (χ0v) is 9.77. The minimum Gasteiger partial charge on any atom is -0.347 e. The molecule has 5 nitrogen and oxygen atoms in total. The van der Waals surface area contributed by atoms with Gasteiger partial charge < -0.3 is 16.0 Å². The van der Waals surface area contributed by atoms with Crippen LogP contribution in [0, 0.1) is 5.92 Å². The zero-order valence-electron chi connectivity index (χ0n) is 9.77. The summed E-state index contributed by atoms with van der Waals surface area (Å²) in [5.74, 6) is -1.36. The summed E-state index contributed by atoms with van der Waals surface area (Å²) in [6.45, 7) is -0.413. The Labute approximate surface area is 102 Å². The Kier molecular flexibility index (Phi) is 5.39. The number of piperidine rings is 1. The second-order valence-corrected chi connectivity index (χ2v) is 4.15. The average Bonchev–Trinajstić information content (AvgIpc) is 2.33. The molecule has 0 radical (unpaired) electrons. The van der Waals surface area contributed by atoms with Crippen LogP contribution in [0.3, 0.4) is 0 Å². The number of halogens is 3. The summed E-state index contributed by atoms with van der Waals surface area (Å²) in [5, 5.41) is 7.05. The molecule has 104 valence electrons. The fourth-order valence-electron chi connectivity index (χ4n) is 1.65. The van der Waals surface area contributed by atoms with E-state index in [4.69, 9.17) is 0 Å². The molecule has 1 fully saturated rings. The third-order valence-electron chi connectivity index (χ3n) is 2.58. The monoisotopic (exact) mass is 267 g/mol. The molecule has 1 aliphatic heterocycles. The average molecular weight is 267 g/mol. The third-order valence-corrected chi connectivity index (χ3v) is 2.58. The highest BCUT2D eigenvalue weighted by atomic mass is 19.4. The molecule has 0 saturated carbocycles. The minimum atomic E-state index is -4.44. The molecule has 0 bridgehead atoms. The molecule has 0 spiro atoms. The van der Waals surface area contributed by atoms with Gasteiger partial charge in [0.05, 0.1) is 12.5 Å². The maximum atomic E-state index is 11.8. The maximum absolute atomic E-state index is 11.8. The lowest BCUT2D eigenvalue weighted by molar-refractivity contribution is -0.138. The van der Waals surface area contributed by atoms with Gasteiger partial charge in [-0.15, -0.1) is 0 Å². The molecule has 1 unspecified atom stereocenters. The summed E-state index contributed by atoms with van der Waals surface area (Å²) >= 11 is 0. The van der Waals surface area contributed by atoms with Crippen molar-refractivity contribution in [1.29, 1.82) is 0 Å². The Morgan fingerprint density at radius 3 is 2.56 bits per heavy atom. The van der Waals surface area contributed by atoms with Gasteiger partial charge in [0, 0.05) is 6.54 Å². The van der Waals surface area contributed by atoms with Crippen molar-refractivity contribution in [3.8, 4) is 0 Å². The van der Waals surface area contributed by atoms with E-state index in [-0.39, 0.29) is 11.8 Å².